The van der Waals surface area contributed by atoms with Gasteiger partial charge in [0.05, 0.1) is 15.9 Å². The zero-order valence-electron chi connectivity index (χ0n) is 10.7. The lowest BCUT2D eigenvalue weighted by atomic mass is 10.1. The van der Waals surface area contributed by atoms with Crippen LogP contribution in [-0.4, -0.2) is 24.8 Å². The second-order valence-electron chi connectivity index (χ2n) is 4.13. The van der Waals surface area contributed by atoms with Crippen molar-refractivity contribution in [1.29, 1.82) is 0 Å². The van der Waals surface area contributed by atoms with E-state index in [1.807, 2.05) is 0 Å². The summed E-state index contributed by atoms with van der Waals surface area (Å²) in [5.41, 5.74) is -0.0726. The molecule has 8 nitrogen and oxygen atoms in total. The third-order valence-electron chi connectivity index (χ3n) is 2.70. The van der Waals surface area contributed by atoms with E-state index >= 15 is 0 Å². The Morgan fingerprint density at radius 2 is 2.25 bits per heavy atom. The Hall–Kier alpha value is -2.13. The van der Waals surface area contributed by atoms with Crippen LogP contribution in [0.4, 0.5) is 5.69 Å². The number of nitrogens with zero attached hydrogens (tertiary/aromatic N) is 3. The van der Waals surface area contributed by atoms with E-state index in [1.54, 1.807) is 6.07 Å². The molecule has 0 amide bonds. The van der Waals surface area contributed by atoms with Crippen molar-refractivity contribution in [2.45, 2.75) is 23.1 Å². The molecule has 0 spiro atoms. The predicted octanol–water partition coefficient (Wildman–Crippen LogP) is 1.22. The molecule has 106 valence electrons. The number of aliphatic hydroxyl groups excluding tert-OH is 1. The SMILES string of the molecule is CC(O)c1ccc(Sc2n[nH]c(=O)n2C)c([N+](=O)[O-])c1. The minimum atomic E-state index is -0.789. The van der Waals surface area contributed by atoms with Crippen molar-refractivity contribution in [2.24, 2.45) is 7.05 Å². The van der Waals surface area contributed by atoms with Crippen LogP contribution in [0, 0.1) is 10.1 Å². The summed E-state index contributed by atoms with van der Waals surface area (Å²) in [4.78, 5) is 22.2. The van der Waals surface area contributed by atoms with Crippen molar-refractivity contribution in [3.8, 4) is 0 Å². The van der Waals surface area contributed by atoms with E-state index in [1.165, 1.54) is 30.7 Å². The molecule has 0 bridgehead atoms. The van der Waals surface area contributed by atoms with E-state index in [0.717, 1.165) is 11.8 Å². The van der Waals surface area contributed by atoms with E-state index in [2.05, 4.69) is 10.2 Å². The van der Waals surface area contributed by atoms with Crippen molar-refractivity contribution in [2.75, 3.05) is 0 Å². The second-order valence-corrected chi connectivity index (χ2v) is 5.14. The molecule has 2 rings (SSSR count). The van der Waals surface area contributed by atoms with Gasteiger partial charge in [0.25, 0.3) is 5.69 Å². The first kappa shape index (κ1) is 14.3. The van der Waals surface area contributed by atoms with Gasteiger partial charge in [-0.3, -0.25) is 14.7 Å². The fourth-order valence-corrected chi connectivity index (χ4v) is 2.43. The molecule has 2 N–H and O–H groups in total. The number of hydrogen-bond donors (Lipinski definition) is 2. The Kier molecular flexibility index (Phi) is 3.91. The molecule has 1 atom stereocenters. The minimum absolute atomic E-state index is 0.135. The van der Waals surface area contributed by atoms with E-state index in [9.17, 15) is 20.0 Å². The highest BCUT2D eigenvalue weighted by atomic mass is 32.2. The normalized spacial score (nSPS) is 12.3. The van der Waals surface area contributed by atoms with Gasteiger partial charge in [0, 0.05) is 13.1 Å². The largest absolute Gasteiger partial charge is 0.389 e. The zero-order chi connectivity index (χ0) is 14.9. The number of benzene rings is 1. The number of aromatic amines is 1. The first-order chi connectivity index (χ1) is 9.40. The van der Waals surface area contributed by atoms with Gasteiger partial charge in [-0.15, -0.1) is 5.10 Å². The Morgan fingerprint density at radius 3 is 2.75 bits per heavy atom. The van der Waals surface area contributed by atoms with Crippen LogP contribution in [0.15, 0.2) is 33.0 Å². The van der Waals surface area contributed by atoms with Gasteiger partial charge in [0.1, 0.15) is 0 Å². The fourth-order valence-electron chi connectivity index (χ4n) is 1.55. The average Bonchev–Trinajstić information content (AvgIpc) is 2.70. The number of aliphatic hydroxyl groups is 1. The van der Waals surface area contributed by atoms with Crippen LogP contribution in [0.5, 0.6) is 0 Å². The Morgan fingerprint density at radius 1 is 1.55 bits per heavy atom. The van der Waals surface area contributed by atoms with Gasteiger partial charge >= 0.3 is 5.69 Å². The van der Waals surface area contributed by atoms with Crippen LogP contribution in [-0.2, 0) is 7.05 Å². The van der Waals surface area contributed by atoms with Crippen molar-refractivity contribution in [3.05, 3.63) is 44.4 Å². The maximum absolute atomic E-state index is 11.3. The van der Waals surface area contributed by atoms with E-state index in [-0.39, 0.29) is 5.69 Å². The number of nitro benzene ring substituents is 1. The summed E-state index contributed by atoms with van der Waals surface area (Å²) in [6, 6.07) is 4.45. The molecule has 2 aromatic rings. The molecular formula is C11H12N4O4S. The van der Waals surface area contributed by atoms with Crippen molar-refractivity contribution >= 4 is 17.4 Å². The van der Waals surface area contributed by atoms with Gasteiger partial charge in [0.2, 0.25) is 0 Å². The van der Waals surface area contributed by atoms with Crippen LogP contribution in [0.1, 0.15) is 18.6 Å². The molecule has 0 aliphatic rings. The number of aromatic nitrogens is 3. The summed E-state index contributed by atoms with van der Waals surface area (Å²) in [6.07, 6.45) is -0.789. The first-order valence-electron chi connectivity index (χ1n) is 5.66. The zero-order valence-corrected chi connectivity index (χ0v) is 11.5. The van der Waals surface area contributed by atoms with Crippen LogP contribution >= 0.6 is 11.8 Å². The monoisotopic (exact) mass is 296 g/mol. The maximum Gasteiger partial charge on any atom is 0.343 e. The maximum atomic E-state index is 11.3. The highest BCUT2D eigenvalue weighted by Gasteiger charge is 2.19. The molecule has 1 unspecified atom stereocenters. The molecule has 0 saturated carbocycles. The third-order valence-corrected chi connectivity index (χ3v) is 3.81. The third kappa shape index (κ3) is 2.73. The molecule has 1 heterocycles. The van der Waals surface area contributed by atoms with Gasteiger partial charge in [-0.2, -0.15) is 0 Å². The van der Waals surface area contributed by atoms with E-state index < -0.39 is 16.7 Å². The van der Waals surface area contributed by atoms with Gasteiger partial charge in [-0.05, 0) is 30.3 Å². The molecule has 1 aromatic carbocycles. The highest BCUT2D eigenvalue weighted by Crippen LogP contribution is 2.34. The molecule has 0 fully saturated rings. The molecule has 1 aromatic heterocycles. The predicted molar refractivity (Wildman–Crippen MR) is 71.7 cm³/mol. The quantitative estimate of drug-likeness (QED) is 0.647. The second kappa shape index (κ2) is 5.47. The number of rotatable bonds is 4. The van der Waals surface area contributed by atoms with Crippen molar-refractivity contribution in [3.63, 3.8) is 0 Å². The molecule has 0 aliphatic carbocycles. The summed E-state index contributed by atoms with van der Waals surface area (Å²) >= 11 is 1.01. The average molecular weight is 296 g/mol. The molecular weight excluding hydrogens is 284 g/mol. The summed E-state index contributed by atoms with van der Waals surface area (Å²) in [5, 5.41) is 26.9. The first-order valence-corrected chi connectivity index (χ1v) is 6.47. The minimum Gasteiger partial charge on any atom is -0.389 e. The van der Waals surface area contributed by atoms with Gasteiger partial charge in [-0.25, -0.2) is 9.89 Å². The summed E-state index contributed by atoms with van der Waals surface area (Å²) < 4.78 is 1.26. The van der Waals surface area contributed by atoms with Crippen LogP contribution in [0.25, 0.3) is 0 Å². The van der Waals surface area contributed by atoms with Gasteiger partial charge < -0.3 is 5.11 Å². The Bertz CT molecular complexity index is 707. The standard InChI is InChI=1S/C11H12N4O4S/c1-6(16)7-3-4-9(8(5-7)15(18)19)20-11-13-12-10(17)14(11)2/h3-6,16H,1-2H3,(H,12,17). The fraction of sp³-hybridized carbons (Fsp3) is 0.273. The van der Waals surface area contributed by atoms with Gasteiger partial charge in [-0.1, -0.05) is 6.07 Å². The van der Waals surface area contributed by atoms with Crippen LogP contribution < -0.4 is 5.69 Å². The number of H-pyrrole nitrogens is 1. The van der Waals surface area contributed by atoms with E-state index in [4.69, 9.17) is 0 Å². The number of nitrogens with one attached hydrogen (secondary N) is 1. The topological polar surface area (TPSA) is 114 Å². The number of hydrogen-bond acceptors (Lipinski definition) is 6. The molecule has 0 radical (unpaired) electrons. The van der Waals surface area contributed by atoms with Crippen LogP contribution in [0.3, 0.4) is 0 Å². The number of nitro groups is 1. The highest BCUT2D eigenvalue weighted by molar-refractivity contribution is 7.99. The Balaban J connectivity index is 2.43. The summed E-state index contributed by atoms with van der Waals surface area (Å²) in [7, 11) is 1.52. The van der Waals surface area contributed by atoms with Crippen LogP contribution in [0.2, 0.25) is 0 Å². The van der Waals surface area contributed by atoms with Crippen molar-refractivity contribution < 1.29 is 10.0 Å². The van der Waals surface area contributed by atoms with Gasteiger partial charge in [0.15, 0.2) is 5.16 Å². The molecule has 0 aliphatic heterocycles. The van der Waals surface area contributed by atoms with Crippen molar-refractivity contribution in [1.82, 2.24) is 14.8 Å². The summed E-state index contributed by atoms with van der Waals surface area (Å²) in [6.45, 7) is 1.53. The smallest absolute Gasteiger partial charge is 0.343 e. The molecule has 0 saturated heterocycles. The molecule has 9 heteroatoms. The lowest BCUT2D eigenvalue weighted by Crippen LogP contribution is -2.12. The molecule has 20 heavy (non-hydrogen) atoms. The summed E-state index contributed by atoms with van der Waals surface area (Å²) in [5.74, 6) is 0. The lowest BCUT2D eigenvalue weighted by molar-refractivity contribution is -0.387. The van der Waals surface area contributed by atoms with E-state index in [0.29, 0.717) is 15.6 Å². The Labute approximate surface area is 117 Å². The lowest BCUT2D eigenvalue weighted by Gasteiger charge is -2.07.